The number of nitrogens with zero attached hydrogens (tertiary/aromatic N) is 1. The van der Waals surface area contributed by atoms with Crippen LogP contribution in [-0.2, 0) is 15.3 Å². The zero-order chi connectivity index (χ0) is 20.5. The Kier molecular flexibility index (Phi) is 5.73. The molecule has 1 aliphatic rings. The number of hydrogen-bond acceptors (Lipinski definition) is 3. The van der Waals surface area contributed by atoms with E-state index in [4.69, 9.17) is 11.6 Å². The summed E-state index contributed by atoms with van der Waals surface area (Å²) in [4.78, 5) is 14.3. The topological polar surface area (TPSA) is 66.5 Å². The van der Waals surface area contributed by atoms with Crippen LogP contribution in [0, 0.1) is 0 Å². The minimum absolute atomic E-state index is 0.0424. The third-order valence-electron chi connectivity index (χ3n) is 5.02. The number of anilines is 1. The molecule has 2 aromatic carbocycles. The van der Waals surface area contributed by atoms with Gasteiger partial charge >= 0.3 is 6.03 Å². The van der Waals surface area contributed by atoms with Crippen molar-refractivity contribution in [2.45, 2.75) is 42.8 Å². The molecule has 1 unspecified atom stereocenters. The van der Waals surface area contributed by atoms with E-state index in [0.717, 1.165) is 0 Å². The number of urea groups is 1. The van der Waals surface area contributed by atoms with Crippen molar-refractivity contribution >= 4 is 33.2 Å². The molecule has 0 bridgehead atoms. The fraction of sp³-hybridized carbons (Fsp3) is 0.381. The van der Waals surface area contributed by atoms with Crippen LogP contribution in [0.4, 0.5) is 10.5 Å². The highest BCUT2D eigenvalue weighted by Crippen LogP contribution is 2.26. The van der Waals surface area contributed by atoms with Crippen molar-refractivity contribution in [1.82, 2.24) is 4.90 Å². The summed E-state index contributed by atoms with van der Waals surface area (Å²) in [6.45, 7) is 6.98. The maximum atomic E-state index is 12.8. The van der Waals surface area contributed by atoms with Gasteiger partial charge in [0.05, 0.1) is 10.1 Å². The van der Waals surface area contributed by atoms with Crippen molar-refractivity contribution < 1.29 is 13.2 Å². The number of amides is 2. The van der Waals surface area contributed by atoms with E-state index in [1.807, 2.05) is 24.3 Å². The first kappa shape index (κ1) is 20.7. The molecule has 0 radical (unpaired) electrons. The van der Waals surface area contributed by atoms with Crippen LogP contribution in [0.3, 0.4) is 0 Å². The predicted molar refractivity (Wildman–Crippen MR) is 113 cm³/mol. The van der Waals surface area contributed by atoms with Crippen LogP contribution in [-0.4, -0.2) is 37.7 Å². The summed E-state index contributed by atoms with van der Waals surface area (Å²) in [5.74, 6) is 0. The summed E-state index contributed by atoms with van der Waals surface area (Å²) in [7, 11) is -3.50. The Labute approximate surface area is 171 Å². The molecule has 0 spiro atoms. The van der Waals surface area contributed by atoms with Crippen LogP contribution in [0.5, 0.6) is 0 Å². The van der Waals surface area contributed by atoms with Crippen LogP contribution < -0.4 is 5.32 Å². The molecule has 1 fully saturated rings. The Hall–Kier alpha value is -2.05. The van der Waals surface area contributed by atoms with Crippen molar-refractivity contribution in [3.05, 3.63) is 59.1 Å². The molecule has 3 rings (SSSR count). The molecule has 150 valence electrons. The predicted octanol–water partition coefficient (Wildman–Crippen LogP) is 4.72. The van der Waals surface area contributed by atoms with E-state index in [0.29, 0.717) is 23.7 Å². The molecule has 1 heterocycles. The number of hydrogen-bond donors (Lipinski definition) is 1. The van der Waals surface area contributed by atoms with Gasteiger partial charge in [0, 0.05) is 23.8 Å². The van der Waals surface area contributed by atoms with Gasteiger partial charge in [0.2, 0.25) is 0 Å². The maximum Gasteiger partial charge on any atom is 0.321 e. The Morgan fingerprint density at radius 3 is 2.25 bits per heavy atom. The minimum Gasteiger partial charge on any atom is -0.323 e. The average molecular weight is 421 g/mol. The van der Waals surface area contributed by atoms with E-state index < -0.39 is 15.1 Å². The summed E-state index contributed by atoms with van der Waals surface area (Å²) in [5, 5.41) is 2.74. The van der Waals surface area contributed by atoms with E-state index in [1.165, 1.54) is 17.7 Å². The molecule has 1 atom stereocenters. The highest BCUT2D eigenvalue weighted by molar-refractivity contribution is 7.92. The molecule has 2 aromatic rings. The molecule has 7 heteroatoms. The summed E-state index contributed by atoms with van der Waals surface area (Å²) >= 11 is 5.84. The number of benzene rings is 2. The van der Waals surface area contributed by atoms with Gasteiger partial charge in [0.25, 0.3) is 0 Å². The lowest BCUT2D eigenvalue weighted by atomic mass is 9.87. The first-order valence-corrected chi connectivity index (χ1v) is 11.2. The van der Waals surface area contributed by atoms with Gasteiger partial charge < -0.3 is 10.2 Å². The van der Waals surface area contributed by atoms with Crippen molar-refractivity contribution in [2.75, 3.05) is 18.4 Å². The zero-order valence-electron chi connectivity index (χ0n) is 16.3. The number of rotatable bonds is 3. The second-order valence-electron chi connectivity index (χ2n) is 8.11. The number of carbonyl (C=O) groups excluding carboxylic acids is 1. The highest BCUT2D eigenvalue weighted by atomic mass is 35.5. The van der Waals surface area contributed by atoms with Crippen molar-refractivity contribution in [1.29, 1.82) is 0 Å². The second-order valence-corrected chi connectivity index (χ2v) is 10.8. The quantitative estimate of drug-likeness (QED) is 0.781. The maximum absolute atomic E-state index is 12.8. The van der Waals surface area contributed by atoms with E-state index >= 15 is 0 Å². The Balaban J connectivity index is 1.65. The van der Waals surface area contributed by atoms with E-state index in [1.54, 1.807) is 17.0 Å². The van der Waals surface area contributed by atoms with Crippen LogP contribution >= 0.6 is 11.6 Å². The van der Waals surface area contributed by atoms with Crippen molar-refractivity contribution in [3.8, 4) is 0 Å². The lowest BCUT2D eigenvalue weighted by Gasteiger charge is -2.20. The first-order chi connectivity index (χ1) is 13.1. The summed E-state index contributed by atoms with van der Waals surface area (Å²) in [6, 6.07) is 13.6. The van der Waals surface area contributed by atoms with Gasteiger partial charge in [-0.1, -0.05) is 44.5 Å². The van der Waals surface area contributed by atoms with E-state index in [9.17, 15) is 13.2 Å². The molecular weight excluding hydrogens is 396 g/mol. The molecule has 0 aliphatic carbocycles. The van der Waals surface area contributed by atoms with E-state index in [-0.39, 0.29) is 22.9 Å². The molecule has 1 aliphatic heterocycles. The third-order valence-corrected chi connectivity index (χ3v) is 7.46. The Morgan fingerprint density at radius 1 is 1.07 bits per heavy atom. The minimum atomic E-state index is -3.50. The average Bonchev–Trinajstić information content (AvgIpc) is 3.13. The highest BCUT2D eigenvalue weighted by Gasteiger charge is 2.36. The lowest BCUT2D eigenvalue weighted by Crippen LogP contribution is -2.35. The molecule has 2 amide bonds. The summed E-state index contributed by atoms with van der Waals surface area (Å²) in [5.41, 5.74) is 1.92. The Bertz CT molecular complexity index is 949. The van der Waals surface area contributed by atoms with Gasteiger partial charge in [-0.3, -0.25) is 0 Å². The smallest absolute Gasteiger partial charge is 0.321 e. The molecule has 5 nitrogen and oxygen atoms in total. The van der Waals surface area contributed by atoms with Crippen LogP contribution in [0.15, 0.2) is 53.4 Å². The molecule has 28 heavy (non-hydrogen) atoms. The second kappa shape index (κ2) is 7.76. The summed E-state index contributed by atoms with van der Waals surface area (Å²) in [6.07, 6.45) is 0.418. The van der Waals surface area contributed by atoms with Crippen LogP contribution in [0.25, 0.3) is 0 Å². The molecule has 1 N–H and O–H groups in total. The number of nitrogens with one attached hydrogen (secondary N) is 1. The van der Waals surface area contributed by atoms with Gasteiger partial charge in [-0.15, -0.1) is 0 Å². The van der Waals surface area contributed by atoms with Gasteiger partial charge in [0.1, 0.15) is 0 Å². The van der Waals surface area contributed by atoms with Gasteiger partial charge in [-0.05, 0) is 53.8 Å². The number of sulfone groups is 1. The van der Waals surface area contributed by atoms with Crippen molar-refractivity contribution in [2.24, 2.45) is 0 Å². The number of halogens is 1. The SMILES string of the molecule is CC(C)(C)c1ccc(NC(=O)N2CCC(S(=O)(=O)c3ccc(Cl)cc3)C2)cc1. The van der Waals surface area contributed by atoms with Crippen LogP contribution in [0.1, 0.15) is 32.8 Å². The standard InChI is InChI=1S/C21H25ClN2O3S/c1-21(2,3)15-4-8-17(9-5-15)23-20(25)24-13-12-19(14-24)28(26,27)18-10-6-16(22)7-11-18/h4-11,19H,12-14H2,1-3H3,(H,23,25). The fourth-order valence-electron chi connectivity index (χ4n) is 3.24. The lowest BCUT2D eigenvalue weighted by molar-refractivity contribution is 0.222. The summed E-state index contributed by atoms with van der Waals surface area (Å²) < 4.78 is 25.6. The molecule has 0 saturated carbocycles. The first-order valence-electron chi connectivity index (χ1n) is 9.23. The third kappa shape index (κ3) is 4.50. The normalized spacial score (nSPS) is 17.6. The van der Waals surface area contributed by atoms with Crippen molar-refractivity contribution in [3.63, 3.8) is 0 Å². The number of likely N-dealkylation sites (tertiary alicyclic amines) is 1. The Morgan fingerprint density at radius 2 is 1.68 bits per heavy atom. The van der Waals surface area contributed by atoms with Gasteiger partial charge in [-0.25, -0.2) is 13.2 Å². The molecule has 1 saturated heterocycles. The number of carbonyl (C=O) groups is 1. The fourth-order valence-corrected chi connectivity index (χ4v) is 5.06. The molecule has 0 aromatic heterocycles. The zero-order valence-corrected chi connectivity index (χ0v) is 17.8. The largest absolute Gasteiger partial charge is 0.323 e. The van der Waals surface area contributed by atoms with Gasteiger partial charge in [0.15, 0.2) is 9.84 Å². The van der Waals surface area contributed by atoms with E-state index in [2.05, 4.69) is 26.1 Å². The van der Waals surface area contributed by atoms with Crippen LogP contribution in [0.2, 0.25) is 5.02 Å². The monoisotopic (exact) mass is 420 g/mol. The molecular formula is C21H25ClN2O3S. The van der Waals surface area contributed by atoms with Gasteiger partial charge in [-0.2, -0.15) is 0 Å².